The first-order chi connectivity index (χ1) is 8.97. The number of rotatable bonds is 3. The highest BCUT2D eigenvalue weighted by atomic mass is 16.5. The van der Waals surface area contributed by atoms with Gasteiger partial charge in [0.1, 0.15) is 0 Å². The maximum Gasteiger partial charge on any atom is 0.0603 e. The molecule has 0 bridgehead atoms. The third-order valence-electron chi connectivity index (χ3n) is 2.82. The minimum absolute atomic E-state index is 0.492. The molecular weight excluding hydrogens is 236 g/mol. The molecule has 1 aliphatic heterocycles. The molecule has 1 N–H and O–H groups in total. The highest BCUT2D eigenvalue weighted by Gasteiger charge is 2.07. The normalized spacial score (nSPS) is 15.3. The fraction of sp³-hybridized carbons (Fsp3) is 0.750. The molecule has 0 aromatic rings. The number of allylic oxidation sites excluding steroid dienone is 1. The second-order valence-electron chi connectivity index (χ2n) is 5.29. The van der Waals surface area contributed by atoms with Crippen molar-refractivity contribution in [2.45, 2.75) is 27.7 Å². The molecule has 0 amide bonds. The van der Waals surface area contributed by atoms with Crippen LogP contribution in [0.1, 0.15) is 27.7 Å². The lowest BCUT2D eigenvalue weighted by molar-refractivity contribution is 0.0443. The highest BCUT2D eigenvalue weighted by molar-refractivity contribution is 5.03. The van der Waals surface area contributed by atoms with Gasteiger partial charge in [0.25, 0.3) is 0 Å². The molecule has 0 spiro atoms. The Morgan fingerprint density at radius 1 is 1.26 bits per heavy atom. The van der Waals surface area contributed by atoms with Crippen molar-refractivity contribution in [2.24, 2.45) is 11.8 Å². The van der Waals surface area contributed by atoms with Crippen LogP contribution < -0.4 is 5.32 Å². The lowest BCUT2D eigenvalue weighted by atomic mass is 10.2. The van der Waals surface area contributed by atoms with Crippen molar-refractivity contribution in [2.75, 3.05) is 39.9 Å². The van der Waals surface area contributed by atoms with Crippen LogP contribution in [0, 0.1) is 23.7 Å². The van der Waals surface area contributed by atoms with Gasteiger partial charge in [-0.3, -0.25) is 4.90 Å². The third kappa shape index (κ3) is 10.6. The smallest absolute Gasteiger partial charge is 0.0603 e. The summed E-state index contributed by atoms with van der Waals surface area (Å²) in [6.45, 7) is 16.9. The zero-order chi connectivity index (χ0) is 14.7. The van der Waals surface area contributed by atoms with Gasteiger partial charge in [-0.25, -0.2) is 0 Å². The Hall–Kier alpha value is -0.980. The maximum absolute atomic E-state index is 5.24. The molecule has 3 nitrogen and oxygen atoms in total. The van der Waals surface area contributed by atoms with Crippen molar-refractivity contribution in [1.29, 1.82) is 0 Å². The zero-order valence-electron chi connectivity index (χ0n) is 13.3. The van der Waals surface area contributed by atoms with E-state index >= 15 is 0 Å². The van der Waals surface area contributed by atoms with Gasteiger partial charge in [-0.2, -0.15) is 0 Å². The lowest BCUT2D eigenvalue weighted by Gasteiger charge is -2.24. The molecule has 3 heteroatoms. The number of morpholine rings is 1. The van der Waals surface area contributed by atoms with Crippen LogP contribution in [0.25, 0.3) is 0 Å². The first-order valence-corrected chi connectivity index (χ1v) is 7.12. The molecule has 1 heterocycles. The van der Waals surface area contributed by atoms with Gasteiger partial charge < -0.3 is 10.1 Å². The van der Waals surface area contributed by atoms with Crippen LogP contribution >= 0.6 is 0 Å². The summed E-state index contributed by atoms with van der Waals surface area (Å²) < 4.78 is 5.24. The molecule has 0 radical (unpaired) electrons. The van der Waals surface area contributed by atoms with Crippen molar-refractivity contribution in [3.63, 3.8) is 0 Å². The molecule has 0 aromatic heterocycles. The molecule has 1 saturated heterocycles. The van der Waals surface area contributed by atoms with E-state index in [2.05, 4.69) is 56.3 Å². The molecule has 0 aromatic carbocycles. The van der Waals surface area contributed by atoms with Crippen molar-refractivity contribution in [3.8, 4) is 11.8 Å². The molecule has 0 saturated carbocycles. The second-order valence-corrected chi connectivity index (χ2v) is 5.29. The quantitative estimate of drug-likeness (QED) is 0.794. The van der Waals surface area contributed by atoms with Crippen LogP contribution in [0.4, 0.5) is 0 Å². The largest absolute Gasteiger partial charge is 0.392 e. The predicted octanol–water partition coefficient (Wildman–Crippen LogP) is 2.35. The Bertz CT molecular complexity index is 294. The van der Waals surface area contributed by atoms with Crippen LogP contribution in [-0.2, 0) is 4.74 Å². The summed E-state index contributed by atoms with van der Waals surface area (Å²) in [6.07, 6.45) is 0. The van der Waals surface area contributed by atoms with Gasteiger partial charge in [0.2, 0.25) is 0 Å². The Morgan fingerprint density at radius 3 is 2.21 bits per heavy atom. The van der Waals surface area contributed by atoms with Gasteiger partial charge in [-0.05, 0) is 5.92 Å². The van der Waals surface area contributed by atoms with E-state index in [1.807, 2.05) is 7.05 Å². The van der Waals surface area contributed by atoms with E-state index in [-0.39, 0.29) is 0 Å². The molecular formula is C16H30N2O. The van der Waals surface area contributed by atoms with E-state index in [0.29, 0.717) is 11.8 Å². The summed E-state index contributed by atoms with van der Waals surface area (Å²) >= 11 is 0. The summed E-state index contributed by atoms with van der Waals surface area (Å²) in [5, 5.41) is 2.97. The number of ether oxygens (including phenoxy) is 1. The summed E-state index contributed by atoms with van der Waals surface area (Å²) in [5.41, 5.74) is 1.10. The van der Waals surface area contributed by atoms with Crippen molar-refractivity contribution >= 4 is 0 Å². The van der Waals surface area contributed by atoms with Crippen LogP contribution in [0.3, 0.4) is 0 Å². The van der Waals surface area contributed by atoms with Gasteiger partial charge >= 0.3 is 0 Å². The fourth-order valence-corrected chi connectivity index (χ4v) is 1.41. The van der Waals surface area contributed by atoms with Gasteiger partial charge in [-0.15, -0.1) is 0 Å². The van der Waals surface area contributed by atoms with E-state index in [9.17, 15) is 0 Å². The Labute approximate surface area is 119 Å². The van der Waals surface area contributed by atoms with Gasteiger partial charge in [0, 0.05) is 31.8 Å². The van der Waals surface area contributed by atoms with Gasteiger partial charge in [0.05, 0.1) is 19.8 Å². The molecule has 0 aliphatic carbocycles. The molecule has 0 unspecified atom stereocenters. The maximum atomic E-state index is 5.24. The van der Waals surface area contributed by atoms with E-state index < -0.39 is 0 Å². The van der Waals surface area contributed by atoms with E-state index in [4.69, 9.17) is 4.74 Å². The van der Waals surface area contributed by atoms with Crippen LogP contribution in [0.2, 0.25) is 0 Å². The lowest BCUT2D eigenvalue weighted by Crippen LogP contribution is -2.36. The monoisotopic (exact) mass is 266 g/mol. The Morgan fingerprint density at radius 2 is 1.84 bits per heavy atom. The molecule has 0 atom stereocenters. The highest BCUT2D eigenvalue weighted by Crippen LogP contribution is 1.99. The van der Waals surface area contributed by atoms with Crippen molar-refractivity contribution in [1.82, 2.24) is 10.2 Å². The summed E-state index contributed by atoms with van der Waals surface area (Å²) in [7, 11) is 1.89. The average Bonchev–Trinajstić information content (AvgIpc) is 2.39. The molecule has 19 heavy (non-hydrogen) atoms. The van der Waals surface area contributed by atoms with E-state index in [1.165, 1.54) is 0 Å². The van der Waals surface area contributed by atoms with Gasteiger partial charge in [0.15, 0.2) is 0 Å². The summed E-state index contributed by atoms with van der Waals surface area (Å²) in [6, 6.07) is 0. The molecule has 110 valence electrons. The summed E-state index contributed by atoms with van der Waals surface area (Å²) in [4.78, 5) is 2.33. The average molecular weight is 266 g/mol. The Balaban J connectivity index is 0.000000399. The number of hydrogen-bond acceptors (Lipinski definition) is 3. The van der Waals surface area contributed by atoms with Crippen molar-refractivity contribution in [3.05, 3.63) is 12.3 Å². The SMILES string of the molecule is C=C(NC)C(C)C.CC(C)C#CCN1CCOCC1. The van der Waals surface area contributed by atoms with Crippen molar-refractivity contribution < 1.29 is 4.74 Å². The third-order valence-corrected chi connectivity index (χ3v) is 2.82. The van der Waals surface area contributed by atoms with E-state index in [1.54, 1.807) is 0 Å². The summed E-state index contributed by atoms with van der Waals surface area (Å²) in [5.74, 6) is 7.39. The van der Waals surface area contributed by atoms with Gasteiger partial charge in [-0.1, -0.05) is 46.1 Å². The zero-order valence-corrected chi connectivity index (χ0v) is 13.3. The second kappa shape index (κ2) is 10.9. The number of nitrogens with zero attached hydrogens (tertiary/aromatic N) is 1. The topological polar surface area (TPSA) is 24.5 Å². The first-order valence-electron chi connectivity index (χ1n) is 7.12. The number of nitrogens with one attached hydrogen (secondary N) is 1. The molecule has 1 fully saturated rings. The molecule has 1 rings (SSSR count). The molecule has 1 aliphatic rings. The Kier molecular flexibility index (Phi) is 10.3. The predicted molar refractivity (Wildman–Crippen MR) is 82.9 cm³/mol. The standard InChI is InChI=1S/C10H17NO.C6H13N/c1-10(2)4-3-5-11-6-8-12-9-7-11;1-5(2)6(3)7-4/h10H,5-9H2,1-2H3;5,7H,3H2,1-2,4H3. The first kappa shape index (κ1) is 18.0. The minimum Gasteiger partial charge on any atom is -0.392 e. The van der Waals surface area contributed by atoms with Crippen LogP contribution in [0.15, 0.2) is 12.3 Å². The fourth-order valence-electron chi connectivity index (χ4n) is 1.41. The van der Waals surface area contributed by atoms with Crippen LogP contribution in [0.5, 0.6) is 0 Å². The van der Waals surface area contributed by atoms with Crippen LogP contribution in [-0.4, -0.2) is 44.8 Å². The number of hydrogen-bond donors (Lipinski definition) is 1. The minimum atomic E-state index is 0.492. The van der Waals surface area contributed by atoms with E-state index in [0.717, 1.165) is 38.5 Å².